The summed E-state index contributed by atoms with van der Waals surface area (Å²) in [5, 5.41) is 1.79. The lowest BCUT2D eigenvalue weighted by Crippen LogP contribution is -2.46. The van der Waals surface area contributed by atoms with Crippen LogP contribution in [0.4, 0.5) is 0 Å². The lowest BCUT2D eigenvalue weighted by atomic mass is 10.2. The normalized spacial score (nSPS) is 25.6. The lowest BCUT2D eigenvalue weighted by molar-refractivity contribution is 0.566. The predicted octanol–water partition coefficient (Wildman–Crippen LogP) is 2.41. The molecular formula is C14H20O4S2Si. The minimum Gasteiger partial charge on any atom is -0.224 e. The third kappa shape index (κ3) is 2.74. The van der Waals surface area contributed by atoms with Gasteiger partial charge in [0.2, 0.25) is 0 Å². The molecule has 1 unspecified atom stereocenters. The van der Waals surface area contributed by atoms with Gasteiger partial charge in [0.1, 0.15) is 4.75 Å². The first-order chi connectivity index (χ1) is 9.40. The van der Waals surface area contributed by atoms with E-state index in [1.54, 1.807) is 25.1 Å². The molecule has 116 valence electrons. The monoisotopic (exact) mass is 344 g/mol. The molecule has 21 heavy (non-hydrogen) atoms. The van der Waals surface area contributed by atoms with Crippen molar-refractivity contribution in [1.82, 2.24) is 0 Å². The van der Waals surface area contributed by atoms with Gasteiger partial charge in [0.25, 0.3) is 0 Å². The Morgan fingerprint density at radius 1 is 1.10 bits per heavy atom. The first-order valence-corrected chi connectivity index (χ1v) is 13.4. The largest absolute Gasteiger partial charge is 0.224 e. The second kappa shape index (κ2) is 4.79. The molecule has 0 radical (unpaired) electrons. The Hall–Kier alpha value is -0.923. The van der Waals surface area contributed by atoms with Gasteiger partial charge in [-0.25, -0.2) is 16.8 Å². The Kier molecular flexibility index (Phi) is 3.75. The van der Waals surface area contributed by atoms with Gasteiger partial charge in [0.15, 0.2) is 19.7 Å². The summed E-state index contributed by atoms with van der Waals surface area (Å²) in [5.74, 6) is -0.364. The van der Waals surface area contributed by atoms with E-state index in [4.69, 9.17) is 0 Å². The number of sulfone groups is 2. The molecule has 0 amide bonds. The van der Waals surface area contributed by atoms with E-state index in [1.807, 2.05) is 19.6 Å². The van der Waals surface area contributed by atoms with E-state index >= 15 is 0 Å². The van der Waals surface area contributed by atoms with Crippen LogP contribution in [-0.2, 0) is 19.7 Å². The predicted molar refractivity (Wildman–Crippen MR) is 87.2 cm³/mol. The van der Waals surface area contributed by atoms with Gasteiger partial charge in [-0.2, -0.15) is 0 Å². The van der Waals surface area contributed by atoms with E-state index < -0.39 is 32.5 Å². The van der Waals surface area contributed by atoms with E-state index in [0.717, 1.165) is 0 Å². The van der Waals surface area contributed by atoms with Crippen LogP contribution in [0.2, 0.25) is 19.6 Å². The highest BCUT2D eigenvalue weighted by Gasteiger charge is 2.54. The van der Waals surface area contributed by atoms with Crippen molar-refractivity contribution in [2.24, 2.45) is 0 Å². The molecule has 7 heteroatoms. The summed E-state index contributed by atoms with van der Waals surface area (Å²) in [4.78, 5) is 0.175. The maximum absolute atomic E-state index is 13.0. The van der Waals surface area contributed by atoms with Crippen LogP contribution in [0.25, 0.3) is 0 Å². The number of hydrogen-bond acceptors (Lipinski definition) is 4. The summed E-state index contributed by atoms with van der Waals surface area (Å²) >= 11 is 0. The Morgan fingerprint density at radius 2 is 1.62 bits per heavy atom. The molecule has 0 spiro atoms. The van der Waals surface area contributed by atoms with Gasteiger partial charge in [-0.15, -0.1) is 0 Å². The molecule has 1 aromatic rings. The van der Waals surface area contributed by atoms with Gasteiger partial charge in [0.05, 0.1) is 18.7 Å². The van der Waals surface area contributed by atoms with Gasteiger partial charge in [-0.3, -0.25) is 0 Å². The zero-order chi connectivity index (χ0) is 16.1. The number of benzene rings is 1. The van der Waals surface area contributed by atoms with Crippen LogP contribution in [0.5, 0.6) is 0 Å². The molecule has 1 aliphatic rings. The molecule has 0 aromatic heterocycles. The van der Waals surface area contributed by atoms with Crippen molar-refractivity contribution in [1.29, 1.82) is 0 Å². The highest BCUT2D eigenvalue weighted by molar-refractivity contribution is 7.98. The molecule has 2 rings (SSSR count). The fourth-order valence-corrected chi connectivity index (χ4v) is 12.1. The van der Waals surface area contributed by atoms with E-state index in [2.05, 4.69) is 0 Å². The standard InChI is InChI=1S/C14H20O4S2Si/c1-14(20(17,18)12-8-6-5-7-9-12)11-19(15,16)10-13(14)21(2,3)4/h5-10H,11H2,1-4H3. The highest BCUT2D eigenvalue weighted by Crippen LogP contribution is 2.42. The zero-order valence-corrected chi connectivity index (χ0v) is 15.3. The van der Waals surface area contributed by atoms with Crippen molar-refractivity contribution in [3.8, 4) is 0 Å². The Balaban J connectivity index is 2.70. The van der Waals surface area contributed by atoms with Crippen molar-refractivity contribution in [3.63, 3.8) is 0 Å². The summed E-state index contributed by atoms with van der Waals surface area (Å²) in [6.07, 6.45) is 0. The second-order valence-electron chi connectivity index (χ2n) is 6.64. The van der Waals surface area contributed by atoms with Crippen LogP contribution in [0.15, 0.2) is 45.8 Å². The average molecular weight is 345 g/mol. The van der Waals surface area contributed by atoms with Gasteiger partial charge >= 0.3 is 0 Å². The third-order valence-electron chi connectivity index (χ3n) is 3.80. The third-order valence-corrected chi connectivity index (χ3v) is 10.7. The maximum atomic E-state index is 13.0. The van der Waals surface area contributed by atoms with E-state index in [0.29, 0.717) is 5.20 Å². The molecular weight excluding hydrogens is 324 g/mol. The van der Waals surface area contributed by atoms with Crippen molar-refractivity contribution in [2.45, 2.75) is 36.2 Å². The molecule has 1 atom stereocenters. The topological polar surface area (TPSA) is 68.3 Å². The smallest absolute Gasteiger partial charge is 0.188 e. The molecule has 4 nitrogen and oxygen atoms in total. The summed E-state index contributed by atoms with van der Waals surface area (Å²) in [7, 11) is -9.33. The van der Waals surface area contributed by atoms with Crippen molar-refractivity contribution in [2.75, 3.05) is 5.75 Å². The molecule has 0 fully saturated rings. The minimum atomic E-state index is -3.75. The molecule has 0 bridgehead atoms. The summed E-state index contributed by atoms with van der Waals surface area (Å²) in [5.41, 5.74) is 0. The van der Waals surface area contributed by atoms with Gasteiger partial charge in [-0.05, 0) is 24.3 Å². The molecule has 1 aliphatic heterocycles. The molecule has 1 heterocycles. The second-order valence-corrected chi connectivity index (χ2v) is 15.9. The summed E-state index contributed by atoms with van der Waals surface area (Å²) in [6, 6.07) is 8.08. The first kappa shape index (κ1) is 16.4. The van der Waals surface area contributed by atoms with Crippen molar-refractivity contribution in [3.05, 3.63) is 40.9 Å². The van der Waals surface area contributed by atoms with Gasteiger partial charge in [-0.1, -0.05) is 37.8 Å². The number of hydrogen-bond donors (Lipinski definition) is 0. The molecule has 0 N–H and O–H groups in total. The molecule has 0 aliphatic carbocycles. The van der Waals surface area contributed by atoms with Crippen LogP contribution in [0, 0.1) is 0 Å². The summed E-state index contributed by atoms with van der Waals surface area (Å²) < 4.78 is 48.8. The van der Waals surface area contributed by atoms with Crippen molar-refractivity contribution < 1.29 is 16.8 Å². The first-order valence-electron chi connectivity index (χ1n) is 6.65. The highest BCUT2D eigenvalue weighted by atomic mass is 32.2. The fourth-order valence-electron chi connectivity index (χ4n) is 2.86. The van der Waals surface area contributed by atoms with Crippen molar-refractivity contribution >= 4 is 27.7 Å². The van der Waals surface area contributed by atoms with E-state index in [1.165, 1.54) is 17.5 Å². The van der Waals surface area contributed by atoms with E-state index in [-0.39, 0.29) is 10.6 Å². The Bertz CT molecular complexity index is 787. The zero-order valence-electron chi connectivity index (χ0n) is 12.6. The lowest BCUT2D eigenvalue weighted by Gasteiger charge is -2.33. The Morgan fingerprint density at radius 3 is 2.10 bits per heavy atom. The number of rotatable bonds is 3. The quantitative estimate of drug-likeness (QED) is 0.790. The SMILES string of the molecule is CC1(S(=O)(=O)c2ccccc2)CS(=O)(=O)C=C1[Si](C)(C)C. The summed E-state index contributed by atoms with van der Waals surface area (Å²) in [6.45, 7) is 7.46. The molecule has 0 saturated heterocycles. The minimum absolute atomic E-state index is 0.175. The van der Waals surface area contributed by atoms with E-state index in [9.17, 15) is 16.8 Å². The van der Waals surface area contributed by atoms with Gasteiger partial charge in [0, 0.05) is 5.41 Å². The van der Waals surface area contributed by atoms with Gasteiger partial charge < -0.3 is 0 Å². The maximum Gasteiger partial charge on any atom is 0.188 e. The van der Waals surface area contributed by atoms with Crippen LogP contribution < -0.4 is 0 Å². The van der Waals surface area contributed by atoms with Crippen LogP contribution in [0.3, 0.4) is 0 Å². The molecule has 1 aromatic carbocycles. The van der Waals surface area contributed by atoms with Crippen LogP contribution >= 0.6 is 0 Å². The van der Waals surface area contributed by atoms with Crippen LogP contribution in [0.1, 0.15) is 6.92 Å². The molecule has 0 saturated carbocycles. The Labute approximate surface area is 127 Å². The fraction of sp³-hybridized carbons (Fsp3) is 0.429. The average Bonchev–Trinajstić information content (AvgIpc) is 2.62. The van der Waals surface area contributed by atoms with Crippen LogP contribution in [-0.4, -0.2) is 35.4 Å².